The summed E-state index contributed by atoms with van der Waals surface area (Å²) in [5.74, 6) is 0. The summed E-state index contributed by atoms with van der Waals surface area (Å²) in [6, 6.07) is 6.08. The molecule has 0 aliphatic carbocycles. The molecule has 5 N–H and O–H groups in total. The summed E-state index contributed by atoms with van der Waals surface area (Å²) >= 11 is 0. The molecule has 0 spiro atoms. The third-order valence-electron chi connectivity index (χ3n) is 2.15. The SMILES string of the molecule is CCN.Cc1ccc(N)c(CCCCO)c1. The standard InChI is InChI=1S/C11H17NO.C2H7N/c1-9-5-6-11(12)10(8-9)4-2-3-7-13;1-2-3/h5-6,8,13H,2-4,7,12H2,1H3;2-3H2,1H3. The van der Waals surface area contributed by atoms with E-state index in [1.54, 1.807) is 0 Å². The third kappa shape index (κ3) is 6.43. The van der Waals surface area contributed by atoms with Gasteiger partial charge >= 0.3 is 0 Å². The van der Waals surface area contributed by atoms with Crippen molar-refractivity contribution < 1.29 is 5.11 Å². The maximum atomic E-state index is 8.64. The van der Waals surface area contributed by atoms with Gasteiger partial charge in [-0.2, -0.15) is 0 Å². The van der Waals surface area contributed by atoms with Gasteiger partial charge in [0.2, 0.25) is 0 Å². The molecule has 0 saturated carbocycles. The van der Waals surface area contributed by atoms with Crippen molar-refractivity contribution in [3.63, 3.8) is 0 Å². The van der Waals surface area contributed by atoms with Crippen LogP contribution in [0.2, 0.25) is 0 Å². The number of aliphatic hydroxyl groups is 1. The fraction of sp³-hybridized carbons (Fsp3) is 0.538. The third-order valence-corrected chi connectivity index (χ3v) is 2.15. The Kier molecular flexibility index (Phi) is 8.58. The molecule has 0 aliphatic rings. The molecule has 0 unspecified atom stereocenters. The highest BCUT2D eigenvalue weighted by Crippen LogP contribution is 2.15. The molecule has 0 aliphatic heterocycles. The molecular weight excluding hydrogens is 200 g/mol. The molecule has 0 saturated heterocycles. The summed E-state index contributed by atoms with van der Waals surface area (Å²) in [7, 11) is 0. The molecule has 16 heavy (non-hydrogen) atoms. The van der Waals surface area contributed by atoms with E-state index in [1.807, 2.05) is 19.1 Å². The Balaban J connectivity index is 0.000000673. The molecule has 0 fully saturated rings. The van der Waals surface area contributed by atoms with E-state index in [0.29, 0.717) is 0 Å². The van der Waals surface area contributed by atoms with Crippen molar-refractivity contribution in [1.29, 1.82) is 0 Å². The predicted octanol–water partition coefficient (Wildman–Crippen LogP) is 1.86. The fourth-order valence-corrected chi connectivity index (χ4v) is 1.38. The Labute approximate surface area is 98.5 Å². The number of benzene rings is 1. The molecule has 0 bridgehead atoms. The molecule has 0 radical (unpaired) electrons. The molecule has 0 heterocycles. The quantitative estimate of drug-likeness (QED) is 0.540. The first-order chi connectivity index (χ1) is 7.65. The van der Waals surface area contributed by atoms with E-state index in [2.05, 4.69) is 13.0 Å². The Morgan fingerprint density at radius 1 is 1.25 bits per heavy atom. The molecule has 1 rings (SSSR count). The number of hydrogen-bond donors (Lipinski definition) is 3. The molecule has 0 atom stereocenters. The van der Waals surface area contributed by atoms with Crippen LogP contribution in [0.25, 0.3) is 0 Å². The van der Waals surface area contributed by atoms with Crippen molar-refractivity contribution in [2.75, 3.05) is 18.9 Å². The number of rotatable bonds is 4. The van der Waals surface area contributed by atoms with Crippen LogP contribution in [-0.2, 0) is 6.42 Å². The molecule has 3 heteroatoms. The van der Waals surface area contributed by atoms with Crippen LogP contribution in [0.3, 0.4) is 0 Å². The summed E-state index contributed by atoms with van der Waals surface area (Å²) in [6.45, 7) is 4.99. The summed E-state index contributed by atoms with van der Waals surface area (Å²) in [5.41, 5.74) is 14.0. The van der Waals surface area contributed by atoms with Crippen LogP contribution in [0, 0.1) is 6.92 Å². The van der Waals surface area contributed by atoms with Gasteiger partial charge in [0.05, 0.1) is 0 Å². The van der Waals surface area contributed by atoms with E-state index in [4.69, 9.17) is 16.6 Å². The van der Waals surface area contributed by atoms with Gasteiger partial charge in [0.15, 0.2) is 0 Å². The van der Waals surface area contributed by atoms with E-state index in [9.17, 15) is 0 Å². The highest BCUT2D eigenvalue weighted by Gasteiger charge is 1.98. The number of nitrogens with two attached hydrogens (primary N) is 2. The average molecular weight is 224 g/mol. The minimum absolute atomic E-state index is 0.270. The monoisotopic (exact) mass is 224 g/mol. The van der Waals surface area contributed by atoms with Gasteiger partial charge < -0.3 is 16.6 Å². The number of unbranched alkanes of at least 4 members (excludes halogenated alkanes) is 1. The van der Waals surface area contributed by atoms with Gasteiger partial charge in [0, 0.05) is 12.3 Å². The van der Waals surface area contributed by atoms with Gasteiger partial charge in [-0.05, 0) is 44.4 Å². The van der Waals surface area contributed by atoms with Gasteiger partial charge in [-0.3, -0.25) is 0 Å². The topological polar surface area (TPSA) is 72.3 Å². The minimum Gasteiger partial charge on any atom is -0.399 e. The van der Waals surface area contributed by atoms with Crippen LogP contribution in [0.15, 0.2) is 18.2 Å². The van der Waals surface area contributed by atoms with Crippen LogP contribution in [-0.4, -0.2) is 18.3 Å². The molecule has 0 amide bonds. The van der Waals surface area contributed by atoms with Crippen LogP contribution >= 0.6 is 0 Å². The largest absolute Gasteiger partial charge is 0.399 e. The number of nitrogen functional groups attached to an aromatic ring is 1. The van der Waals surface area contributed by atoms with E-state index in [1.165, 1.54) is 11.1 Å². The second-order valence-electron chi connectivity index (χ2n) is 3.79. The molecule has 3 nitrogen and oxygen atoms in total. The van der Waals surface area contributed by atoms with Crippen molar-refractivity contribution in [2.24, 2.45) is 5.73 Å². The molecule has 0 aromatic heterocycles. The Morgan fingerprint density at radius 2 is 1.88 bits per heavy atom. The summed E-state index contributed by atoms with van der Waals surface area (Å²) in [5, 5.41) is 8.64. The zero-order chi connectivity index (χ0) is 12.4. The highest BCUT2D eigenvalue weighted by molar-refractivity contribution is 5.48. The van der Waals surface area contributed by atoms with E-state index in [-0.39, 0.29) is 6.61 Å². The van der Waals surface area contributed by atoms with Crippen molar-refractivity contribution in [3.8, 4) is 0 Å². The smallest absolute Gasteiger partial charge is 0.0431 e. The Hall–Kier alpha value is -1.06. The lowest BCUT2D eigenvalue weighted by Crippen LogP contribution is -1.96. The maximum Gasteiger partial charge on any atom is 0.0431 e. The predicted molar refractivity (Wildman–Crippen MR) is 70.3 cm³/mol. The Morgan fingerprint density at radius 3 is 2.44 bits per heavy atom. The zero-order valence-corrected chi connectivity index (χ0v) is 10.4. The van der Waals surface area contributed by atoms with Crippen molar-refractivity contribution >= 4 is 5.69 Å². The molecule has 92 valence electrons. The number of aryl methyl sites for hydroxylation is 2. The summed E-state index contributed by atoms with van der Waals surface area (Å²) < 4.78 is 0. The van der Waals surface area contributed by atoms with Crippen molar-refractivity contribution in [2.45, 2.75) is 33.1 Å². The molecule has 1 aromatic rings. The number of aliphatic hydroxyl groups excluding tert-OH is 1. The van der Waals surface area contributed by atoms with Gasteiger partial charge in [-0.15, -0.1) is 0 Å². The van der Waals surface area contributed by atoms with E-state index >= 15 is 0 Å². The maximum absolute atomic E-state index is 8.64. The zero-order valence-electron chi connectivity index (χ0n) is 10.4. The normalized spacial score (nSPS) is 9.50. The van der Waals surface area contributed by atoms with Gasteiger partial charge in [0.1, 0.15) is 0 Å². The summed E-state index contributed by atoms with van der Waals surface area (Å²) in [4.78, 5) is 0. The van der Waals surface area contributed by atoms with Crippen LogP contribution in [0.5, 0.6) is 0 Å². The second-order valence-corrected chi connectivity index (χ2v) is 3.79. The first-order valence-electron chi connectivity index (χ1n) is 5.81. The van der Waals surface area contributed by atoms with E-state index < -0.39 is 0 Å². The van der Waals surface area contributed by atoms with Crippen molar-refractivity contribution in [1.82, 2.24) is 0 Å². The average Bonchev–Trinajstić information content (AvgIpc) is 2.25. The lowest BCUT2D eigenvalue weighted by atomic mass is 10.0. The number of hydrogen-bond acceptors (Lipinski definition) is 3. The molecule has 1 aromatic carbocycles. The first kappa shape index (κ1) is 14.9. The second kappa shape index (κ2) is 9.19. The van der Waals surface area contributed by atoms with Gasteiger partial charge in [-0.25, -0.2) is 0 Å². The highest BCUT2D eigenvalue weighted by atomic mass is 16.2. The summed E-state index contributed by atoms with van der Waals surface area (Å²) in [6.07, 6.45) is 2.83. The van der Waals surface area contributed by atoms with Crippen LogP contribution in [0.1, 0.15) is 30.9 Å². The fourth-order valence-electron chi connectivity index (χ4n) is 1.38. The van der Waals surface area contributed by atoms with Crippen LogP contribution in [0.4, 0.5) is 5.69 Å². The Bertz CT molecular complexity index is 287. The number of anilines is 1. The molecular formula is C13H24N2O. The van der Waals surface area contributed by atoms with Gasteiger partial charge in [0.25, 0.3) is 0 Å². The van der Waals surface area contributed by atoms with E-state index in [0.717, 1.165) is 31.5 Å². The minimum atomic E-state index is 0.270. The first-order valence-corrected chi connectivity index (χ1v) is 5.81. The van der Waals surface area contributed by atoms with Crippen molar-refractivity contribution in [3.05, 3.63) is 29.3 Å². The van der Waals surface area contributed by atoms with Gasteiger partial charge in [-0.1, -0.05) is 24.6 Å². The van der Waals surface area contributed by atoms with Crippen LogP contribution < -0.4 is 11.5 Å². The lowest BCUT2D eigenvalue weighted by Gasteiger charge is -2.05. The lowest BCUT2D eigenvalue weighted by molar-refractivity contribution is 0.284.